The summed E-state index contributed by atoms with van der Waals surface area (Å²) in [6, 6.07) is 11.7. The third kappa shape index (κ3) is 2.09. The van der Waals surface area contributed by atoms with Crippen LogP contribution in [0.2, 0.25) is 0 Å². The largest absolute Gasteiger partial charge is 0.295 e. The first-order chi connectivity index (χ1) is 8.65. The first-order valence-corrected chi connectivity index (χ1v) is 7.49. The van der Waals surface area contributed by atoms with Gasteiger partial charge >= 0.3 is 0 Å². The Hall–Kier alpha value is -0.820. The Labute approximate surface area is 111 Å². The van der Waals surface area contributed by atoms with Crippen LogP contribution in [0.25, 0.3) is 0 Å². The van der Waals surface area contributed by atoms with Gasteiger partial charge in [0.2, 0.25) is 0 Å². The summed E-state index contributed by atoms with van der Waals surface area (Å²) in [7, 11) is 0. The Balaban J connectivity index is 1.77. The maximum absolute atomic E-state index is 2.78. The number of rotatable bonds is 2. The van der Waals surface area contributed by atoms with Crippen molar-refractivity contribution in [2.75, 3.05) is 0 Å². The van der Waals surface area contributed by atoms with Crippen LogP contribution in [-0.2, 0) is 0 Å². The van der Waals surface area contributed by atoms with E-state index in [2.05, 4.69) is 49.9 Å². The second-order valence-electron chi connectivity index (χ2n) is 6.50. The third-order valence-corrected chi connectivity index (χ3v) is 4.93. The number of hydrogen-bond acceptors (Lipinski definition) is 1. The molecule has 98 valence electrons. The van der Waals surface area contributed by atoms with E-state index < -0.39 is 0 Å². The number of fused-ring (bicyclic) bond motifs is 2. The van der Waals surface area contributed by atoms with E-state index in [0.717, 1.165) is 24.0 Å². The fraction of sp³-hybridized carbons (Fsp3) is 0.647. The SMILES string of the molecule is Cc1ccc(C2CC3CCC(C2)N3C(C)C)cc1. The highest BCUT2D eigenvalue weighted by atomic mass is 15.2. The van der Waals surface area contributed by atoms with Crippen molar-refractivity contribution in [2.45, 2.75) is 70.5 Å². The van der Waals surface area contributed by atoms with Crippen LogP contribution in [0, 0.1) is 6.92 Å². The molecule has 0 radical (unpaired) electrons. The normalized spacial score (nSPS) is 32.1. The first-order valence-electron chi connectivity index (χ1n) is 7.49. The molecule has 0 aromatic heterocycles. The lowest BCUT2D eigenvalue weighted by molar-refractivity contribution is 0.0925. The molecule has 18 heavy (non-hydrogen) atoms. The van der Waals surface area contributed by atoms with E-state index in [-0.39, 0.29) is 0 Å². The van der Waals surface area contributed by atoms with Gasteiger partial charge in [-0.05, 0) is 57.9 Å². The lowest BCUT2D eigenvalue weighted by Crippen LogP contribution is -2.46. The van der Waals surface area contributed by atoms with Crippen LogP contribution in [0.15, 0.2) is 24.3 Å². The summed E-state index contributed by atoms with van der Waals surface area (Å²) in [5, 5.41) is 0. The Bertz CT molecular complexity index is 392. The molecule has 2 heterocycles. The third-order valence-electron chi connectivity index (χ3n) is 4.93. The van der Waals surface area contributed by atoms with Gasteiger partial charge in [-0.25, -0.2) is 0 Å². The molecule has 3 rings (SSSR count). The molecule has 2 saturated heterocycles. The molecule has 2 unspecified atom stereocenters. The van der Waals surface area contributed by atoms with E-state index in [0.29, 0.717) is 0 Å². The van der Waals surface area contributed by atoms with Crippen LogP contribution < -0.4 is 0 Å². The Morgan fingerprint density at radius 3 is 2.06 bits per heavy atom. The minimum atomic E-state index is 0.724. The first kappa shape index (κ1) is 12.2. The van der Waals surface area contributed by atoms with E-state index in [1.54, 1.807) is 5.56 Å². The maximum atomic E-state index is 2.78. The van der Waals surface area contributed by atoms with Crippen LogP contribution in [0.3, 0.4) is 0 Å². The molecule has 0 saturated carbocycles. The molecule has 1 nitrogen and oxygen atoms in total. The highest BCUT2D eigenvalue weighted by Gasteiger charge is 2.41. The molecule has 2 aliphatic rings. The fourth-order valence-corrected chi connectivity index (χ4v) is 4.17. The van der Waals surface area contributed by atoms with Gasteiger partial charge in [0.25, 0.3) is 0 Å². The predicted molar refractivity (Wildman–Crippen MR) is 76.9 cm³/mol. The van der Waals surface area contributed by atoms with Crippen LogP contribution >= 0.6 is 0 Å². The van der Waals surface area contributed by atoms with Crippen molar-refractivity contribution in [1.29, 1.82) is 0 Å². The second-order valence-corrected chi connectivity index (χ2v) is 6.50. The average molecular weight is 243 g/mol. The minimum absolute atomic E-state index is 0.724. The van der Waals surface area contributed by atoms with Crippen molar-refractivity contribution in [3.63, 3.8) is 0 Å². The summed E-state index contributed by atoms with van der Waals surface area (Å²) >= 11 is 0. The number of nitrogens with zero attached hydrogens (tertiary/aromatic N) is 1. The van der Waals surface area contributed by atoms with Crippen LogP contribution in [0.1, 0.15) is 56.6 Å². The van der Waals surface area contributed by atoms with Gasteiger partial charge in [0.15, 0.2) is 0 Å². The summed E-state index contributed by atoms with van der Waals surface area (Å²) in [5.74, 6) is 0.804. The van der Waals surface area contributed by atoms with Crippen molar-refractivity contribution in [3.05, 3.63) is 35.4 Å². The highest BCUT2D eigenvalue weighted by Crippen LogP contribution is 2.43. The van der Waals surface area contributed by atoms with E-state index in [9.17, 15) is 0 Å². The standard InChI is InChI=1S/C17H25N/c1-12(2)18-16-8-9-17(18)11-15(10-16)14-6-4-13(3)5-7-14/h4-7,12,15-17H,8-11H2,1-3H3. The van der Waals surface area contributed by atoms with Crippen molar-refractivity contribution in [1.82, 2.24) is 4.90 Å². The van der Waals surface area contributed by atoms with Crippen LogP contribution in [0.4, 0.5) is 0 Å². The highest BCUT2D eigenvalue weighted by molar-refractivity contribution is 5.26. The number of aryl methyl sites for hydroxylation is 1. The number of piperidine rings is 1. The Morgan fingerprint density at radius 2 is 1.56 bits per heavy atom. The fourth-order valence-electron chi connectivity index (χ4n) is 4.17. The van der Waals surface area contributed by atoms with E-state index in [4.69, 9.17) is 0 Å². The number of hydrogen-bond donors (Lipinski definition) is 0. The van der Waals surface area contributed by atoms with Crippen molar-refractivity contribution in [2.24, 2.45) is 0 Å². The quantitative estimate of drug-likeness (QED) is 0.755. The summed E-state index contributed by atoms with van der Waals surface area (Å²) in [5.41, 5.74) is 2.95. The summed E-state index contributed by atoms with van der Waals surface area (Å²) in [6.07, 6.45) is 5.59. The molecule has 0 amide bonds. The zero-order valence-corrected chi connectivity index (χ0v) is 11.9. The molecule has 1 aromatic rings. The summed E-state index contributed by atoms with van der Waals surface area (Å²) < 4.78 is 0. The topological polar surface area (TPSA) is 3.24 Å². The molecule has 0 aliphatic carbocycles. The van der Waals surface area contributed by atoms with Crippen molar-refractivity contribution < 1.29 is 0 Å². The second kappa shape index (κ2) is 4.70. The zero-order valence-electron chi connectivity index (χ0n) is 11.9. The van der Waals surface area contributed by atoms with E-state index in [1.807, 2.05) is 0 Å². The van der Waals surface area contributed by atoms with Crippen LogP contribution in [0.5, 0.6) is 0 Å². The monoisotopic (exact) mass is 243 g/mol. The Morgan fingerprint density at radius 1 is 1.00 bits per heavy atom. The zero-order chi connectivity index (χ0) is 12.7. The molecular formula is C17H25N. The molecule has 0 N–H and O–H groups in total. The number of benzene rings is 1. The van der Waals surface area contributed by atoms with Gasteiger partial charge in [-0.3, -0.25) is 4.90 Å². The van der Waals surface area contributed by atoms with Gasteiger partial charge in [0.1, 0.15) is 0 Å². The predicted octanol–water partition coefficient (Wildman–Crippen LogP) is 4.11. The summed E-state index contributed by atoms with van der Waals surface area (Å²) in [6.45, 7) is 6.89. The minimum Gasteiger partial charge on any atom is -0.295 e. The molecular weight excluding hydrogens is 218 g/mol. The van der Waals surface area contributed by atoms with E-state index >= 15 is 0 Å². The van der Waals surface area contributed by atoms with Crippen LogP contribution in [-0.4, -0.2) is 23.0 Å². The van der Waals surface area contributed by atoms with Gasteiger partial charge in [0, 0.05) is 18.1 Å². The maximum Gasteiger partial charge on any atom is 0.0107 e. The van der Waals surface area contributed by atoms with Crippen molar-refractivity contribution in [3.8, 4) is 0 Å². The molecule has 2 aliphatic heterocycles. The van der Waals surface area contributed by atoms with Gasteiger partial charge in [-0.15, -0.1) is 0 Å². The Kier molecular flexibility index (Phi) is 3.19. The smallest absolute Gasteiger partial charge is 0.0107 e. The molecule has 2 atom stereocenters. The lowest BCUT2D eigenvalue weighted by atomic mass is 9.84. The van der Waals surface area contributed by atoms with Crippen molar-refractivity contribution >= 4 is 0 Å². The van der Waals surface area contributed by atoms with E-state index in [1.165, 1.54) is 31.2 Å². The molecule has 0 spiro atoms. The lowest BCUT2D eigenvalue weighted by Gasteiger charge is -2.41. The van der Waals surface area contributed by atoms with Gasteiger partial charge in [-0.2, -0.15) is 0 Å². The van der Waals surface area contributed by atoms with Gasteiger partial charge in [0.05, 0.1) is 0 Å². The average Bonchev–Trinajstić information content (AvgIpc) is 2.62. The molecule has 1 aromatic carbocycles. The summed E-state index contributed by atoms with van der Waals surface area (Å²) in [4.78, 5) is 2.78. The van der Waals surface area contributed by atoms with Gasteiger partial charge in [-0.1, -0.05) is 29.8 Å². The molecule has 1 heteroatoms. The van der Waals surface area contributed by atoms with Gasteiger partial charge < -0.3 is 0 Å². The molecule has 2 fully saturated rings. The molecule has 2 bridgehead atoms.